The third-order valence-corrected chi connectivity index (χ3v) is 7.90. The number of aryl methyl sites for hydroxylation is 1. The normalized spacial score (nSPS) is 18.7. The van der Waals surface area contributed by atoms with Gasteiger partial charge < -0.3 is 9.64 Å². The van der Waals surface area contributed by atoms with Crippen molar-refractivity contribution in [1.29, 1.82) is 0 Å². The van der Waals surface area contributed by atoms with E-state index in [-0.39, 0.29) is 11.8 Å². The van der Waals surface area contributed by atoms with Crippen LogP contribution in [0.2, 0.25) is 0 Å². The second-order valence-electron chi connectivity index (χ2n) is 10.6. The summed E-state index contributed by atoms with van der Waals surface area (Å²) in [5.41, 5.74) is 7.08. The number of pyridine rings is 1. The predicted octanol–water partition coefficient (Wildman–Crippen LogP) is 8.04. The van der Waals surface area contributed by atoms with E-state index in [2.05, 4.69) is 79.7 Å². The number of amides is 1. The molecule has 0 N–H and O–H groups in total. The van der Waals surface area contributed by atoms with E-state index in [0.29, 0.717) is 19.4 Å². The minimum Gasteiger partial charge on any atom is -0.496 e. The average molecular weight is 556 g/mol. The Bertz CT molecular complexity index is 1320. The summed E-state index contributed by atoms with van der Waals surface area (Å²) in [5, 5.41) is 1.20. The van der Waals surface area contributed by atoms with Gasteiger partial charge >= 0.3 is 0 Å². The molecule has 5 nitrogen and oxygen atoms in total. The zero-order chi connectivity index (χ0) is 29.8. The lowest BCUT2D eigenvalue weighted by atomic mass is 9.88. The fourth-order valence-corrected chi connectivity index (χ4v) is 5.83. The number of methoxy groups -OCH3 is 1. The Balaban J connectivity index is 0.00000226. The molecule has 2 heterocycles. The lowest BCUT2D eigenvalue weighted by Gasteiger charge is -2.28. The van der Waals surface area contributed by atoms with Crippen molar-refractivity contribution in [3.63, 3.8) is 0 Å². The first-order chi connectivity index (χ1) is 19.9. The lowest BCUT2D eigenvalue weighted by Crippen LogP contribution is -2.39. The van der Waals surface area contributed by atoms with Crippen LogP contribution in [0.4, 0.5) is 0 Å². The number of likely N-dealkylation sites (N-methyl/N-ethyl adjacent to an activating group) is 1. The van der Waals surface area contributed by atoms with Crippen molar-refractivity contribution in [3.05, 3.63) is 89.1 Å². The van der Waals surface area contributed by atoms with Crippen LogP contribution in [-0.4, -0.2) is 54.0 Å². The minimum atomic E-state index is 0.190. The molecule has 0 saturated heterocycles. The summed E-state index contributed by atoms with van der Waals surface area (Å²) in [7, 11) is 1.73. The number of fused-ring (bicyclic) bond motifs is 2. The molecule has 0 fully saturated rings. The Labute approximate surface area is 247 Å². The van der Waals surface area contributed by atoms with Crippen LogP contribution in [0.5, 0.6) is 5.75 Å². The SMILES string of the molecule is C=Cc1cc2c(c(OC)c1)C(C)/C=C(\C)CCCN(Cc1cccc3ncccc13)CCN(CC)C(=O)CC2.CC. The first-order valence-corrected chi connectivity index (χ1v) is 15.3. The van der Waals surface area contributed by atoms with E-state index < -0.39 is 0 Å². The van der Waals surface area contributed by atoms with E-state index in [0.717, 1.165) is 55.9 Å². The highest BCUT2D eigenvalue weighted by Gasteiger charge is 2.20. The number of hydrogen-bond acceptors (Lipinski definition) is 4. The number of carbonyl (C=O) groups is 1. The highest BCUT2D eigenvalue weighted by Crippen LogP contribution is 2.35. The van der Waals surface area contributed by atoms with Crippen LogP contribution in [0.3, 0.4) is 0 Å². The predicted molar refractivity (Wildman–Crippen MR) is 173 cm³/mol. The molecule has 1 amide bonds. The quantitative estimate of drug-likeness (QED) is 0.299. The molecule has 0 aliphatic carbocycles. The summed E-state index contributed by atoms with van der Waals surface area (Å²) in [6, 6.07) is 14.8. The molecule has 0 spiro atoms. The van der Waals surface area contributed by atoms with Crippen LogP contribution < -0.4 is 4.74 Å². The van der Waals surface area contributed by atoms with E-state index >= 15 is 0 Å². The monoisotopic (exact) mass is 555 g/mol. The molecular weight excluding hydrogens is 506 g/mol. The van der Waals surface area contributed by atoms with Crippen molar-refractivity contribution < 1.29 is 9.53 Å². The summed E-state index contributed by atoms with van der Waals surface area (Å²) in [4.78, 5) is 22.5. The summed E-state index contributed by atoms with van der Waals surface area (Å²) in [6.07, 6.45) is 9.35. The van der Waals surface area contributed by atoms with Crippen LogP contribution >= 0.6 is 0 Å². The number of rotatable bonds is 5. The standard InChI is InChI=1S/C34H43N3O2.C2H6/c1-6-27-22-28-15-16-33(38)37(7-2)20-19-36(24-29-12-8-14-31-30(29)13-9-17-35-31)18-10-11-25(3)21-26(4)34(28)32(23-27)39-5;1-2/h6,8-9,12-14,17,21-23,26H,1,7,10-11,15-16,18-20,24H2,2-5H3;1-2H3/b25-21+;. The second-order valence-corrected chi connectivity index (χ2v) is 10.6. The molecule has 2 aromatic carbocycles. The van der Waals surface area contributed by atoms with Crippen LogP contribution in [-0.2, 0) is 17.8 Å². The summed E-state index contributed by atoms with van der Waals surface area (Å²) >= 11 is 0. The average Bonchev–Trinajstić information content (AvgIpc) is 3.00. The van der Waals surface area contributed by atoms with Crippen LogP contribution in [0.1, 0.15) is 82.1 Å². The lowest BCUT2D eigenvalue weighted by molar-refractivity contribution is -0.131. The molecule has 5 heteroatoms. The Morgan fingerprint density at radius 1 is 1.07 bits per heavy atom. The van der Waals surface area contributed by atoms with Crippen molar-refractivity contribution in [2.75, 3.05) is 33.3 Å². The van der Waals surface area contributed by atoms with Crippen molar-refractivity contribution in [1.82, 2.24) is 14.8 Å². The Kier molecular flexibility index (Phi) is 12.6. The second kappa shape index (κ2) is 16.1. The van der Waals surface area contributed by atoms with Crippen LogP contribution in [0, 0.1) is 0 Å². The van der Waals surface area contributed by atoms with Gasteiger partial charge in [-0.1, -0.05) is 69.3 Å². The minimum absolute atomic E-state index is 0.190. The van der Waals surface area contributed by atoms with Crippen molar-refractivity contribution in [2.24, 2.45) is 0 Å². The van der Waals surface area contributed by atoms with Gasteiger partial charge in [-0.15, -0.1) is 0 Å². The molecule has 4 rings (SSSR count). The topological polar surface area (TPSA) is 45.7 Å². The highest BCUT2D eigenvalue weighted by molar-refractivity contribution is 5.81. The molecule has 1 atom stereocenters. The highest BCUT2D eigenvalue weighted by atomic mass is 16.5. The first-order valence-electron chi connectivity index (χ1n) is 15.3. The maximum atomic E-state index is 13.4. The number of hydrogen-bond donors (Lipinski definition) is 0. The third-order valence-electron chi connectivity index (χ3n) is 7.90. The Hall–Kier alpha value is -3.44. The maximum absolute atomic E-state index is 13.4. The van der Waals surface area contributed by atoms with Gasteiger partial charge in [-0.25, -0.2) is 0 Å². The smallest absolute Gasteiger partial charge is 0.222 e. The molecule has 1 unspecified atom stereocenters. The van der Waals surface area contributed by atoms with Gasteiger partial charge in [-0.2, -0.15) is 0 Å². The molecular formula is C36H49N3O2. The Morgan fingerprint density at radius 2 is 1.88 bits per heavy atom. The van der Waals surface area contributed by atoms with Gasteiger partial charge in [0.15, 0.2) is 0 Å². The van der Waals surface area contributed by atoms with Crippen molar-refractivity contribution in [3.8, 4) is 5.75 Å². The maximum Gasteiger partial charge on any atom is 0.222 e. The number of allylic oxidation sites excluding steroid dienone is 2. The van der Waals surface area contributed by atoms with E-state index in [1.165, 1.54) is 27.6 Å². The molecule has 1 aromatic heterocycles. The molecule has 1 aliphatic rings. The van der Waals surface area contributed by atoms with E-state index in [1.54, 1.807) is 7.11 Å². The van der Waals surface area contributed by atoms with E-state index in [1.807, 2.05) is 37.1 Å². The van der Waals surface area contributed by atoms with E-state index in [9.17, 15) is 4.79 Å². The molecule has 0 saturated carbocycles. The summed E-state index contributed by atoms with van der Waals surface area (Å²) in [5.74, 6) is 1.27. The van der Waals surface area contributed by atoms with Crippen molar-refractivity contribution >= 4 is 22.9 Å². The summed E-state index contributed by atoms with van der Waals surface area (Å²) in [6.45, 7) is 18.6. The van der Waals surface area contributed by atoms with Gasteiger partial charge in [0.1, 0.15) is 5.75 Å². The molecule has 220 valence electrons. The molecule has 0 bridgehead atoms. The van der Waals surface area contributed by atoms with Crippen molar-refractivity contribution in [2.45, 2.75) is 72.8 Å². The molecule has 41 heavy (non-hydrogen) atoms. The van der Waals surface area contributed by atoms with Gasteiger partial charge in [0.2, 0.25) is 5.91 Å². The molecule has 3 aromatic rings. The zero-order valence-electron chi connectivity index (χ0n) is 26.1. The number of aromatic nitrogens is 1. The van der Waals surface area contributed by atoms with E-state index in [4.69, 9.17) is 4.74 Å². The van der Waals surface area contributed by atoms with Crippen LogP contribution in [0.25, 0.3) is 17.0 Å². The number of carbonyl (C=O) groups excluding carboxylic acids is 1. The largest absolute Gasteiger partial charge is 0.496 e. The van der Waals surface area contributed by atoms with Gasteiger partial charge in [-0.3, -0.25) is 14.7 Å². The first kappa shape index (κ1) is 32.1. The van der Waals surface area contributed by atoms with Gasteiger partial charge in [0.05, 0.1) is 12.6 Å². The Morgan fingerprint density at radius 3 is 2.61 bits per heavy atom. The zero-order valence-corrected chi connectivity index (χ0v) is 26.1. The fourth-order valence-electron chi connectivity index (χ4n) is 5.83. The van der Waals surface area contributed by atoms with Gasteiger partial charge in [-0.05, 0) is 74.5 Å². The van der Waals surface area contributed by atoms with Crippen LogP contribution in [0.15, 0.2) is 66.9 Å². The third kappa shape index (κ3) is 8.53. The number of benzene rings is 2. The van der Waals surface area contributed by atoms with Gasteiger partial charge in [0, 0.05) is 55.7 Å². The number of ether oxygens (including phenoxy) is 1. The molecule has 1 aliphatic heterocycles. The molecule has 0 radical (unpaired) electrons. The summed E-state index contributed by atoms with van der Waals surface area (Å²) < 4.78 is 5.84. The van der Waals surface area contributed by atoms with Gasteiger partial charge in [0.25, 0.3) is 0 Å². The fraction of sp³-hybridized carbons (Fsp3) is 0.444. The number of nitrogens with zero attached hydrogens (tertiary/aromatic N) is 3.